The summed E-state index contributed by atoms with van der Waals surface area (Å²) >= 11 is 0. The molecule has 1 fully saturated rings. The zero-order valence-corrected chi connectivity index (χ0v) is 13.9. The molecule has 2 atom stereocenters. The Balaban J connectivity index is 1.66. The molecule has 0 radical (unpaired) electrons. The lowest BCUT2D eigenvalue weighted by molar-refractivity contribution is 0.107. The fraction of sp³-hybridized carbons (Fsp3) is 0.500. The molecule has 0 bridgehead atoms. The van der Waals surface area contributed by atoms with Crippen molar-refractivity contribution >= 4 is 5.65 Å². The van der Waals surface area contributed by atoms with Crippen LogP contribution in [-0.4, -0.2) is 54.0 Å². The van der Waals surface area contributed by atoms with E-state index in [0.717, 1.165) is 37.5 Å². The van der Waals surface area contributed by atoms with Crippen LogP contribution in [0.1, 0.15) is 30.9 Å². The van der Waals surface area contributed by atoms with E-state index in [1.165, 1.54) is 5.69 Å². The SMILES string of the molecule is CCn1nccc1CN1C[C@H](OC)C[C@H]1c1nnc2cnccn12. The molecule has 0 spiro atoms. The van der Waals surface area contributed by atoms with Crippen LogP contribution in [0.3, 0.4) is 0 Å². The molecule has 0 unspecified atom stereocenters. The van der Waals surface area contributed by atoms with Crippen molar-refractivity contribution in [2.45, 2.75) is 38.6 Å². The maximum absolute atomic E-state index is 5.62. The van der Waals surface area contributed by atoms with E-state index in [1.807, 2.05) is 21.5 Å². The van der Waals surface area contributed by atoms with Gasteiger partial charge in [-0.1, -0.05) is 0 Å². The summed E-state index contributed by atoms with van der Waals surface area (Å²) in [7, 11) is 1.77. The van der Waals surface area contributed by atoms with Crippen molar-refractivity contribution in [3.63, 3.8) is 0 Å². The van der Waals surface area contributed by atoms with Gasteiger partial charge in [-0.2, -0.15) is 5.10 Å². The number of hydrogen-bond acceptors (Lipinski definition) is 6. The van der Waals surface area contributed by atoms with Crippen molar-refractivity contribution in [3.8, 4) is 0 Å². The lowest BCUT2D eigenvalue weighted by Gasteiger charge is -2.23. The van der Waals surface area contributed by atoms with Crippen molar-refractivity contribution in [3.05, 3.63) is 42.4 Å². The third kappa shape index (κ3) is 2.57. The highest BCUT2D eigenvalue weighted by molar-refractivity contribution is 5.34. The van der Waals surface area contributed by atoms with Crippen molar-refractivity contribution in [1.29, 1.82) is 0 Å². The van der Waals surface area contributed by atoms with Crippen LogP contribution >= 0.6 is 0 Å². The second kappa shape index (κ2) is 6.29. The van der Waals surface area contributed by atoms with Gasteiger partial charge >= 0.3 is 0 Å². The molecular weight excluding hydrogens is 306 g/mol. The van der Waals surface area contributed by atoms with Gasteiger partial charge < -0.3 is 4.74 Å². The monoisotopic (exact) mass is 327 g/mol. The Kier molecular flexibility index (Phi) is 3.99. The molecule has 24 heavy (non-hydrogen) atoms. The van der Waals surface area contributed by atoms with Gasteiger partial charge in [-0.05, 0) is 19.4 Å². The molecule has 8 nitrogen and oxygen atoms in total. The smallest absolute Gasteiger partial charge is 0.179 e. The lowest BCUT2D eigenvalue weighted by atomic mass is 10.2. The molecule has 3 aromatic heterocycles. The number of ether oxygens (including phenoxy) is 1. The van der Waals surface area contributed by atoms with E-state index in [1.54, 1.807) is 19.5 Å². The molecule has 0 N–H and O–H groups in total. The molecule has 126 valence electrons. The first kappa shape index (κ1) is 15.2. The fourth-order valence-corrected chi connectivity index (χ4v) is 3.46. The Labute approximate surface area is 140 Å². The van der Waals surface area contributed by atoms with Gasteiger partial charge in [0.1, 0.15) is 0 Å². The van der Waals surface area contributed by atoms with Gasteiger partial charge in [0.25, 0.3) is 0 Å². The molecule has 1 aliphatic heterocycles. The molecular formula is C16H21N7O. The molecule has 1 aliphatic rings. The van der Waals surface area contributed by atoms with Crippen molar-refractivity contribution in [2.75, 3.05) is 13.7 Å². The Hall–Kier alpha value is -2.32. The standard InChI is InChI=1S/C16H21N7O/c1-3-23-12(4-5-18-23)10-21-11-13(24-2)8-14(21)16-20-19-15-9-17-6-7-22(15)16/h4-7,9,13-14H,3,8,10-11H2,1-2H3/t13-,14+/m1/s1. The number of likely N-dealkylation sites (tertiary alicyclic amines) is 1. The first-order chi connectivity index (χ1) is 11.8. The summed E-state index contributed by atoms with van der Waals surface area (Å²) in [6.45, 7) is 4.66. The van der Waals surface area contributed by atoms with Gasteiger partial charge in [0.05, 0.1) is 24.0 Å². The van der Waals surface area contributed by atoms with Gasteiger partial charge in [-0.15, -0.1) is 10.2 Å². The van der Waals surface area contributed by atoms with Crippen LogP contribution in [-0.2, 0) is 17.8 Å². The van der Waals surface area contributed by atoms with Crippen molar-refractivity contribution < 1.29 is 4.74 Å². The van der Waals surface area contributed by atoms with E-state index in [9.17, 15) is 0 Å². The van der Waals surface area contributed by atoms with Crippen LogP contribution in [0.2, 0.25) is 0 Å². The van der Waals surface area contributed by atoms with Gasteiger partial charge in [0.2, 0.25) is 0 Å². The number of rotatable bonds is 5. The second-order valence-corrected chi connectivity index (χ2v) is 6.04. The average Bonchev–Trinajstić information content (AvgIpc) is 3.32. The minimum atomic E-state index is 0.160. The molecule has 8 heteroatoms. The topological polar surface area (TPSA) is 73.4 Å². The predicted octanol–water partition coefficient (Wildman–Crippen LogP) is 1.30. The number of nitrogens with zero attached hydrogens (tertiary/aromatic N) is 7. The van der Waals surface area contributed by atoms with Crippen LogP contribution < -0.4 is 0 Å². The van der Waals surface area contributed by atoms with E-state index in [0.29, 0.717) is 0 Å². The predicted molar refractivity (Wildman–Crippen MR) is 87.2 cm³/mol. The molecule has 0 aromatic carbocycles. The summed E-state index contributed by atoms with van der Waals surface area (Å²) in [6, 6.07) is 2.24. The second-order valence-electron chi connectivity index (χ2n) is 6.04. The van der Waals surface area contributed by atoms with E-state index >= 15 is 0 Å². The summed E-state index contributed by atoms with van der Waals surface area (Å²) in [5.74, 6) is 0.939. The molecule has 0 saturated carbocycles. The highest BCUT2D eigenvalue weighted by atomic mass is 16.5. The summed E-state index contributed by atoms with van der Waals surface area (Å²) < 4.78 is 9.67. The van der Waals surface area contributed by atoms with E-state index in [4.69, 9.17) is 4.74 Å². The maximum atomic E-state index is 5.62. The minimum Gasteiger partial charge on any atom is -0.380 e. The first-order valence-corrected chi connectivity index (χ1v) is 8.22. The van der Waals surface area contributed by atoms with Gasteiger partial charge in [-0.25, -0.2) is 0 Å². The van der Waals surface area contributed by atoms with Crippen molar-refractivity contribution in [1.82, 2.24) is 34.3 Å². The van der Waals surface area contributed by atoms with E-state index < -0.39 is 0 Å². The summed E-state index contributed by atoms with van der Waals surface area (Å²) in [5, 5.41) is 13.0. The van der Waals surface area contributed by atoms with Crippen molar-refractivity contribution in [2.24, 2.45) is 0 Å². The Morgan fingerprint density at radius 1 is 1.29 bits per heavy atom. The van der Waals surface area contributed by atoms with Crippen LogP contribution in [0.25, 0.3) is 5.65 Å². The Morgan fingerprint density at radius 2 is 2.21 bits per heavy atom. The van der Waals surface area contributed by atoms with E-state index in [-0.39, 0.29) is 12.1 Å². The van der Waals surface area contributed by atoms with Crippen LogP contribution in [0, 0.1) is 0 Å². The molecule has 3 aromatic rings. The average molecular weight is 327 g/mol. The summed E-state index contributed by atoms with van der Waals surface area (Å²) in [4.78, 5) is 6.51. The Bertz CT molecular complexity index is 827. The summed E-state index contributed by atoms with van der Waals surface area (Å²) in [5.41, 5.74) is 1.97. The fourth-order valence-electron chi connectivity index (χ4n) is 3.46. The number of aryl methyl sites for hydroxylation is 1. The lowest BCUT2D eigenvalue weighted by Crippen LogP contribution is -2.27. The van der Waals surface area contributed by atoms with Crippen LogP contribution in [0.5, 0.6) is 0 Å². The zero-order chi connectivity index (χ0) is 16.5. The minimum absolute atomic E-state index is 0.160. The normalized spacial score (nSPS) is 21.8. The quantitative estimate of drug-likeness (QED) is 0.703. The third-order valence-electron chi connectivity index (χ3n) is 4.71. The molecule has 1 saturated heterocycles. The molecule has 4 heterocycles. The highest BCUT2D eigenvalue weighted by Crippen LogP contribution is 2.33. The molecule has 0 amide bonds. The molecule has 4 rings (SSSR count). The van der Waals surface area contributed by atoms with Gasteiger partial charge in [0, 0.05) is 45.3 Å². The van der Waals surface area contributed by atoms with Gasteiger partial charge in [-0.3, -0.25) is 19.0 Å². The number of methoxy groups -OCH3 is 1. The first-order valence-electron chi connectivity index (χ1n) is 8.22. The maximum Gasteiger partial charge on any atom is 0.179 e. The summed E-state index contributed by atoms with van der Waals surface area (Å²) in [6.07, 6.45) is 8.37. The third-order valence-corrected chi connectivity index (χ3v) is 4.71. The van der Waals surface area contributed by atoms with Crippen LogP contribution in [0.4, 0.5) is 0 Å². The zero-order valence-electron chi connectivity index (χ0n) is 13.9. The molecule has 0 aliphatic carbocycles. The number of aromatic nitrogens is 6. The number of fused-ring (bicyclic) bond motifs is 1. The largest absolute Gasteiger partial charge is 0.380 e. The Morgan fingerprint density at radius 3 is 3.04 bits per heavy atom. The number of hydrogen-bond donors (Lipinski definition) is 0. The van der Waals surface area contributed by atoms with E-state index in [2.05, 4.69) is 38.2 Å². The highest BCUT2D eigenvalue weighted by Gasteiger charge is 2.36. The van der Waals surface area contributed by atoms with Crippen LogP contribution in [0.15, 0.2) is 30.9 Å². The van der Waals surface area contributed by atoms with Gasteiger partial charge in [0.15, 0.2) is 11.5 Å².